The minimum absolute atomic E-state index is 0.0342. The number of unbranched alkanes of at least 4 members (excludes halogenated alkanes) is 1. The number of fused-ring (bicyclic) bond motifs is 1. The molecule has 0 radical (unpaired) electrons. The van der Waals surface area contributed by atoms with Gasteiger partial charge in [-0.15, -0.1) is 0 Å². The van der Waals surface area contributed by atoms with Crippen LogP contribution in [0.2, 0.25) is 0 Å². The molecule has 2 N–H and O–H groups in total. The molecule has 3 rings (SSSR count). The van der Waals surface area contributed by atoms with Gasteiger partial charge in [-0.2, -0.15) is 0 Å². The van der Waals surface area contributed by atoms with E-state index in [1.807, 2.05) is 4.57 Å². The first-order valence-corrected chi connectivity index (χ1v) is 10.2. The number of thioether (sulfide) groups is 1. The van der Waals surface area contributed by atoms with Crippen LogP contribution in [0.25, 0.3) is 11.0 Å². The molecule has 0 spiro atoms. The number of carbonyl (C=O) groups excluding carboxylic acids is 1. The van der Waals surface area contributed by atoms with E-state index in [2.05, 4.69) is 11.9 Å². The predicted molar refractivity (Wildman–Crippen MR) is 91.2 cm³/mol. The second-order valence-electron chi connectivity index (χ2n) is 5.66. The maximum absolute atomic E-state index is 11.7. The van der Waals surface area contributed by atoms with Crippen molar-refractivity contribution in [3.05, 3.63) is 18.2 Å². The molecule has 1 aliphatic heterocycles. The van der Waals surface area contributed by atoms with Gasteiger partial charge in [-0.3, -0.25) is 4.79 Å². The summed E-state index contributed by atoms with van der Waals surface area (Å²) in [6, 6.07) is 4.68. The van der Waals surface area contributed by atoms with Crippen LogP contribution in [-0.4, -0.2) is 35.8 Å². The average molecular weight is 369 g/mol. The number of benzene rings is 1. The monoisotopic (exact) mass is 369 g/mol. The number of imidazole rings is 1. The number of nitrogens with two attached hydrogens (primary N) is 1. The zero-order valence-electron chi connectivity index (χ0n) is 13.3. The van der Waals surface area contributed by atoms with Crippen LogP contribution in [0.15, 0.2) is 28.3 Å². The molecule has 2 heterocycles. The summed E-state index contributed by atoms with van der Waals surface area (Å²) in [5.74, 6) is -0.223. The molecule has 1 atom stereocenters. The summed E-state index contributed by atoms with van der Waals surface area (Å²) < 4.78 is 30.1. The Hall–Kier alpha value is -1.58. The van der Waals surface area contributed by atoms with Crippen molar-refractivity contribution in [1.29, 1.82) is 0 Å². The van der Waals surface area contributed by atoms with Gasteiger partial charge in [0.25, 0.3) is 0 Å². The summed E-state index contributed by atoms with van der Waals surface area (Å²) >= 11 is 1.37. The molecule has 1 aromatic heterocycles. The van der Waals surface area contributed by atoms with Crippen molar-refractivity contribution in [1.82, 2.24) is 9.55 Å². The number of ether oxygens (including phenoxy) is 1. The van der Waals surface area contributed by atoms with E-state index in [1.54, 1.807) is 6.07 Å². The standard InChI is InChI=1S/C15H19N3O4S2/c1-2-3-7-18-12-5-4-10(24(16,20)21)9-11(12)17-15(18)23-13-6-8-22-14(13)19/h4-5,9,13H,2-3,6-8H2,1H3,(H2,16,20,21). The fourth-order valence-electron chi connectivity index (χ4n) is 2.60. The summed E-state index contributed by atoms with van der Waals surface area (Å²) in [5.41, 5.74) is 1.40. The van der Waals surface area contributed by atoms with E-state index in [-0.39, 0.29) is 16.1 Å². The van der Waals surface area contributed by atoms with Gasteiger partial charge < -0.3 is 9.30 Å². The molecule has 1 fully saturated rings. The van der Waals surface area contributed by atoms with Gasteiger partial charge in [0.15, 0.2) is 5.16 Å². The highest BCUT2D eigenvalue weighted by atomic mass is 32.2. The molecule has 24 heavy (non-hydrogen) atoms. The van der Waals surface area contributed by atoms with Crippen LogP contribution in [0.4, 0.5) is 0 Å². The Morgan fingerprint density at radius 2 is 2.25 bits per heavy atom. The smallest absolute Gasteiger partial charge is 0.319 e. The Balaban J connectivity index is 2.03. The van der Waals surface area contributed by atoms with Gasteiger partial charge in [0.1, 0.15) is 5.25 Å². The highest BCUT2D eigenvalue weighted by Gasteiger charge is 2.29. The fraction of sp³-hybridized carbons (Fsp3) is 0.467. The van der Waals surface area contributed by atoms with Crippen LogP contribution in [0.1, 0.15) is 26.2 Å². The molecule has 1 saturated heterocycles. The summed E-state index contributed by atoms with van der Waals surface area (Å²) in [4.78, 5) is 16.3. The largest absolute Gasteiger partial charge is 0.465 e. The van der Waals surface area contributed by atoms with Crippen LogP contribution in [0, 0.1) is 0 Å². The number of hydrogen-bond donors (Lipinski definition) is 1. The van der Waals surface area contributed by atoms with Crippen molar-refractivity contribution in [3.63, 3.8) is 0 Å². The third kappa shape index (κ3) is 3.42. The first-order chi connectivity index (χ1) is 11.4. The molecule has 7 nitrogen and oxygen atoms in total. The Morgan fingerprint density at radius 1 is 1.46 bits per heavy atom. The van der Waals surface area contributed by atoms with Gasteiger partial charge in [-0.25, -0.2) is 18.5 Å². The van der Waals surface area contributed by atoms with E-state index in [9.17, 15) is 13.2 Å². The van der Waals surface area contributed by atoms with E-state index in [1.165, 1.54) is 23.9 Å². The van der Waals surface area contributed by atoms with E-state index in [0.29, 0.717) is 23.7 Å². The molecule has 1 unspecified atom stereocenters. The number of rotatable bonds is 6. The first kappa shape index (κ1) is 17.2. The molecule has 1 aromatic carbocycles. The minimum atomic E-state index is -3.78. The lowest BCUT2D eigenvalue weighted by Gasteiger charge is -2.10. The van der Waals surface area contributed by atoms with E-state index >= 15 is 0 Å². The minimum Gasteiger partial charge on any atom is -0.465 e. The normalized spacial score (nSPS) is 18.2. The van der Waals surface area contributed by atoms with Gasteiger partial charge in [-0.1, -0.05) is 25.1 Å². The number of aryl methyl sites for hydroxylation is 1. The summed E-state index contributed by atoms with van der Waals surface area (Å²) in [7, 11) is -3.78. The summed E-state index contributed by atoms with van der Waals surface area (Å²) in [6.07, 6.45) is 2.64. The third-order valence-electron chi connectivity index (χ3n) is 3.88. The number of esters is 1. The number of nitrogens with zero attached hydrogens (tertiary/aromatic N) is 2. The fourth-order valence-corrected chi connectivity index (χ4v) is 4.23. The molecule has 9 heteroatoms. The highest BCUT2D eigenvalue weighted by molar-refractivity contribution is 8.00. The Bertz CT molecular complexity index is 876. The quantitative estimate of drug-likeness (QED) is 0.780. The van der Waals surface area contributed by atoms with E-state index < -0.39 is 10.0 Å². The molecule has 0 aliphatic carbocycles. The third-order valence-corrected chi connectivity index (χ3v) is 6.03. The molecular formula is C15H19N3O4S2. The topological polar surface area (TPSA) is 104 Å². The average Bonchev–Trinajstić information content (AvgIpc) is 3.08. The van der Waals surface area contributed by atoms with Gasteiger partial charge in [0, 0.05) is 13.0 Å². The van der Waals surface area contributed by atoms with Crippen LogP contribution in [0.3, 0.4) is 0 Å². The van der Waals surface area contributed by atoms with Crippen LogP contribution < -0.4 is 5.14 Å². The Kier molecular flexibility index (Phi) is 4.84. The molecule has 0 amide bonds. The molecule has 1 aliphatic rings. The van der Waals surface area contributed by atoms with Crippen LogP contribution in [0.5, 0.6) is 0 Å². The lowest BCUT2D eigenvalue weighted by atomic mass is 10.3. The zero-order chi connectivity index (χ0) is 17.3. The summed E-state index contributed by atoms with van der Waals surface area (Å²) in [5, 5.41) is 5.63. The Labute approximate surface area is 144 Å². The number of cyclic esters (lactones) is 1. The van der Waals surface area contributed by atoms with Crippen molar-refractivity contribution in [2.45, 2.75) is 48.0 Å². The number of aromatic nitrogens is 2. The molecule has 130 valence electrons. The SMILES string of the molecule is CCCCn1c(SC2CCOC2=O)nc2cc(S(N)(=O)=O)ccc21. The van der Waals surface area contributed by atoms with Gasteiger partial charge in [0.05, 0.1) is 22.5 Å². The van der Waals surface area contributed by atoms with Crippen LogP contribution in [-0.2, 0) is 26.1 Å². The van der Waals surface area contributed by atoms with Crippen molar-refractivity contribution < 1.29 is 17.9 Å². The highest BCUT2D eigenvalue weighted by Crippen LogP contribution is 2.32. The van der Waals surface area contributed by atoms with Crippen molar-refractivity contribution in [3.8, 4) is 0 Å². The Morgan fingerprint density at radius 3 is 2.88 bits per heavy atom. The molecule has 2 aromatic rings. The van der Waals surface area contributed by atoms with E-state index in [0.717, 1.165) is 24.9 Å². The molecule has 0 saturated carbocycles. The van der Waals surface area contributed by atoms with Gasteiger partial charge in [0.2, 0.25) is 10.0 Å². The number of hydrogen-bond acceptors (Lipinski definition) is 6. The molecular weight excluding hydrogens is 350 g/mol. The second-order valence-corrected chi connectivity index (χ2v) is 8.39. The number of sulfonamides is 1. The predicted octanol–water partition coefficient (Wildman–Crippen LogP) is 1.89. The van der Waals surface area contributed by atoms with Gasteiger partial charge >= 0.3 is 5.97 Å². The lowest BCUT2D eigenvalue weighted by molar-refractivity contribution is -0.137. The maximum atomic E-state index is 11.7. The first-order valence-electron chi connectivity index (χ1n) is 7.76. The lowest BCUT2D eigenvalue weighted by Crippen LogP contribution is -2.12. The number of carbonyl (C=O) groups is 1. The zero-order valence-corrected chi connectivity index (χ0v) is 14.9. The maximum Gasteiger partial charge on any atom is 0.319 e. The number of primary sulfonamides is 1. The van der Waals surface area contributed by atoms with Crippen molar-refractivity contribution in [2.75, 3.05) is 6.61 Å². The molecule has 0 bridgehead atoms. The second kappa shape index (κ2) is 6.73. The van der Waals surface area contributed by atoms with Crippen molar-refractivity contribution in [2.24, 2.45) is 5.14 Å². The van der Waals surface area contributed by atoms with E-state index in [4.69, 9.17) is 9.88 Å². The van der Waals surface area contributed by atoms with Crippen LogP contribution >= 0.6 is 11.8 Å². The van der Waals surface area contributed by atoms with Crippen molar-refractivity contribution >= 4 is 38.8 Å². The summed E-state index contributed by atoms with van der Waals surface area (Å²) in [6.45, 7) is 3.28. The van der Waals surface area contributed by atoms with Gasteiger partial charge in [-0.05, 0) is 24.6 Å².